The number of hydrogen-bond acceptors (Lipinski definition) is 3. The lowest BCUT2D eigenvalue weighted by molar-refractivity contribution is 0.216. The van der Waals surface area contributed by atoms with E-state index in [2.05, 4.69) is 71.1 Å². The second-order valence-electron chi connectivity index (χ2n) is 8.66. The molecule has 3 rings (SSSR count). The minimum atomic E-state index is -1.82. The summed E-state index contributed by atoms with van der Waals surface area (Å²) in [6.45, 7) is 13.5. The highest BCUT2D eigenvalue weighted by Crippen LogP contribution is 2.47. The molecule has 1 aliphatic heterocycles. The van der Waals surface area contributed by atoms with Crippen LogP contribution < -0.4 is 13.9 Å². The van der Waals surface area contributed by atoms with E-state index in [0.29, 0.717) is 0 Å². The number of benzene rings is 2. The molecule has 4 heteroatoms. The summed E-state index contributed by atoms with van der Waals surface area (Å²) in [5.41, 5.74) is 2.38. The van der Waals surface area contributed by atoms with E-state index in [9.17, 15) is 0 Å². The quantitative estimate of drug-likeness (QED) is 0.590. The summed E-state index contributed by atoms with van der Waals surface area (Å²) in [6.07, 6.45) is 0.0269. The monoisotopic (exact) mass is 370 g/mol. The highest BCUT2D eigenvalue weighted by atomic mass is 28.4. The Morgan fingerprint density at radius 1 is 0.962 bits per heavy atom. The van der Waals surface area contributed by atoms with E-state index in [4.69, 9.17) is 13.9 Å². The number of rotatable bonds is 4. The molecule has 0 saturated heterocycles. The van der Waals surface area contributed by atoms with Crippen molar-refractivity contribution < 1.29 is 13.9 Å². The van der Waals surface area contributed by atoms with Crippen molar-refractivity contribution >= 4 is 8.32 Å². The summed E-state index contributed by atoms with van der Waals surface area (Å²) in [5, 5.41) is 0.190. The Hall–Kier alpha value is -1.94. The lowest BCUT2D eigenvalue weighted by atomic mass is 9.93. The standard InChI is InChI=1S/C22H30O3Si/c1-15-19-14-18(23-5)12-13-20(19)24-21(15)16-8-10-17(11-9-16)25-26(6,7)22(2,3)4/h8-15,21H,1-7H3/t15-,21-/m0/s1. The molecule has 0 aromatic heterocycles. The van der Waals surface area contributed by atoms with Gasteiger partial charge in [-0.3, -0.25) is 0 Å². The predicted molar refractivity (Wildman–Crippen MR) is 109 cm³/mol. The van der Waals surface area contributed by atoms with Crippen molar-refractivity contribution in [3.05, 3.63) is 53.6 Å². The zero-order valence-electron chi connectivity index (χ0n) is 16.9. The molecule has 0 unspecified atom stereocenters. The molecule has 3 nitrogen and oxygen atoms in total. The second kappa shape index (κ2) is 6.65. The highest BCUT2D eigenvalue weighted by molar-refractivity contribution is 6.74. The summed E-state index contributed by atoms with van der Waals surface area (Å²) in [5.74, 6) is 3.06. The van der Waals surface area contributed by atoms with E-state index in [0.717, 1.165) is 17.2 Å². The number of ether oxygens (including phenoxy) is 2. The van der Waals surface area contributed by atoms with Gasteiger partial charge in [0.15, 0.2) is 0 Å². The topological polar surface area (TPSA) is 27.7 Å². The van der Waals surface area contributed by atoms with E-state index in [1.165, 1.54) is 11.1 Å². The SMILES string of the molecule is COc1ccc2c(c1)[C@H](C)[C@@H](c1ccc(O[Si](C)(C)C(C)(C)C)cc1)O2. The van der Waals surface area contributed by atoms with Gasteiger partial charge in [-0.2, -0.15) is 0 Å². The van der Waals surface area contributed by atoms with E-state index in [1.807, 2.05) is 12.1 Å². The Kier molecular flexibility index (Phi) is 4.82. The number of fused-ring (bicyclic) bond motifs is 1. The van der Waals surface area contributed by atoms with Crippen LogP contribution in [0.15, 0.2) is 42.5 Å². The van der Waals surface area contributed by atoms with Crippen molar-refractivity contribution in [3.8, 4) is 17.2 Å². The lowest BCUT2D eigenvalue weighted by Gasteiger charge is -2.36. The fourth-order valence-electron chi connectivity index (χ4n) is 3.05. The van der Waals surface area contributed by atoms with Crippen LogP contribution in [0.3, 0.4) is 0 Å². The smallest absolute Gasteiger partial charge is 0.250 e. The average Bonchev–Trinajstić information content (AvgIpc) is 2.90. The van der Waals surface area contributed by atoms with Crippen molar-refractivity contribution in [2.45, 2.75) is 57.8 Å². The molecule has 0 radical (unpaired) electrons. The van der Waals surface area contributed by atoms with Crippen molar-refractivity contribution in [2.75, 3.05) is 7.11 Å². The predicted octanol–water partition coefficient (Wildman–Crippen LogP) is 6.32. The van der Waals surface area contributed by atoms with Crippen LogP contribution in [0.1, 0.15) is 50.8 Å². The van der Waals surface area contributed by atoms with Crippen molar-refractivity contribution in [3.63, 3.8) is 0 Å². The molecule has 0 bridgehead atoms. The third-order valence-corrected chi connectivity index (χ3v) is 10.2. The van der Waals surface area contributed by atoms with Gasteiger partial charge in [-0.25, -0.2) is 0 Å². The van der Waals surface area contributed by atoms with Crippen LogP contribution in [0, 0.1) is 0 Å². The van der Waals surface area contributed by atoms with Crippen molar-refractivity contribution in [2.24, 2.45) is 0 Å². The first kappa shape index (κ1) is 18.8. The van der Waals surface area contributed by atoms with Crippen LogP contribution in [-0.4, -0.2) is 15.4 Å². The fraction of sp³-hybridized carbons (Fsp3) is 0.455. The first-order valence-corrected chi connectivity index (χ1v) is 12.2. The van der Waals surface area contributed by atoms with E-state index < -0.39 is 8.32 Å². The van der Waals surface area contributed by atoms with Gasteiger partial charge < -0.3 is 13.9 Å². The van der Waals surface area contributed by atoms with Gasteiger partial charge in [0, 0.05) is 11.5 Å². The van der Waals surface area contributed by atoms with Gasteiger partial charge >= 0.3 is 0 Å². The van der Waals surface area contributed by atoms with Gasteiger partial charge in [0.2, 0.25) is 8.32 Å². The molecule has 1 heterocycles. The molecule has 0 spiro atoms. The average molecular weight is 371 g/mol. The van der Waals surface area contributed by atoms with Gasteiger partial charge in [-0.1, -0.05) is 39.8 Å². The van der Waals surface area contributed by atoms with Crippen molar-refractivity contribution in [1.29, 1.82) is 0 Å². The van der Waals surface area contributed by atoms with Crippen LogP contribution >= 0.6 is 0 Å². The third-order valence-electron chi connectivity index (χ3n) is 5.80. The van der Waals surface area contributed by atoms with Gasteiger partial charge in [0.1, 0.15) is 23.4 Å². The molecule has 0 fully saturated rings. The molecule has 140 valence electrons. The fourth-order valence-corrected chi connectivity index (χ4v) is 4.08. The second-order valence-corrected chi connectivity index (χ2v) is 13.4. The number of hydrogen-bond donors (Lipinski definition) is 0. The Bertz CT molecular complexity index is 775. The molecular formula is C22H30O3Si. The summed E-state index contributed by atoms with van der Waals surface area (Å²) < 4.78 is 17.9. The van der Waals surface area contributed by atoms with E-state index >= 15 is 0 Å². The maximum Gasteiger partial charge on any atom is 0.250 e. The zero-order valence-corrected chi connectivity index (χ0v) is 17.9. The van der Waals surface area contributed by atoms with Crippen LogP contribution in [0.25, 0.3) is 0 Å². The molecule has 26 heavy (non-hydrogen) atoms. The van der Waals surface area contributed by atoms with Gasteiger partial charge in [-0.15, -0.1) is 0 Å². The van der Waals surface area contributed by atoms with E-state index in [1.54, 1.807) is 7.11 Å². The first-order chi connectivity index (χ1) is 12.1. The summed E-state index contributed by atoms with van der Waals surface area (Å²) in [6, 6.07) is 14.4. The van der Waals surface area contributed by atoms with Crippen LogP contribution in [0.5, 0.6) is 17.2 Å². The molecule has 1 aliphatic rings. The lowest BCUT2D eigenvalue weighted by Crippen LogP contribution is -2.43. The molecule has 0 saturated carbocycles. The molecule has 2 atom stereocenters. The molecule has 0 N–H and O–H groups in total. The van der Waals surface area contributed by atoms with Crippen LogP contribution in [0.2, 0.25) is 18.1 Å². The van der Waals surface area contributed by atoms with Gasteiger partial charge in [0.05, 0.1) is 7.11 Å². The molecule has 2 aromatic rings. The van der Waals surface area contributed by atoms with E-state index in [-0.39, 0.29) is 17.1 Å². The highest BCUT2D eigenvalue weighted by Gasteiger charge is 2.39. The Morgan fingerprint density at radius 2 is 1.58 bits per heavy atom. The van der Waals surface area contributed by atoms with Gasteiger partial charge in [0.25, 0.3) is 0 Å². The summed E-state index contributed by atoms with van der Waals surface area (Å²) in [7, 11) is -0.120. The van der Waals surface area contributed by atoms with Crippen LogP contribution in [0.4, 0.5) is 0 Å². The maximum atomic E-state index is 6.38. The van der Waals surface area contributed by atoms with Crippen molar-refractivity contribution in [1.82, 2.24) is 0 Å². The minimum absolute atomic E-state index is 0.0269. The Balaban J connectivity index is 1.78. The number of methoxy groups -OCH3 is 1. The summed E-state index contributed by atoms with van der Waals surface area (Å²) in [4.78, 5) is 0. The minimum Gasteiger partial charge on any atom is -0.544 e. The summed E-state index contributed by atoms with van der Waals surface area (Å²) >= 11 is 0. The normalized spacial score (nSPS) is 19.7. The first-order valence-electron chi connectivity index (χ1n) is 9.26. The zero-order chi connectivity index (χ0) is 19.1. The van der Waals surface area contributed by atoms with Crippen LogP contribution in [-0.2, 0) is 0 Å². The van der Waals surface area contributed by atoms with Gasteiger partial charge in [-0.05, 0) is 54.0 Å². The Morgan fingerprint density at radius 3 is 2.15 bits per heavy atom. The molecular weight excluding hydrogens is 340 g/mol. The molecule has 0 aliphatic carbocycles. The third kappa shape index (κ3) is 3.47. The molecule has 0 amide bonds. The largest absolute Gasteiger partial charge is 0.544 e. The maximum absolute atomic E-state index is 6.38. The Labute approximate surface area is 158 Å². The molecule has 2 aromatic carbocycles.